The molecule has 1 aliphatic heterocycles. The van der Waals surface area contributed by atoms with Crippen molar-refractivity contribution in [3.05, 3.63) is 30.1 Å². The van der Waals surface area contributed by atoms with Crippen LogP contribution in [0.2, 0.25) is 0 Å². The van der Waals surface area contributed by atoms with Crippen LogP contribution in [0.25, 0.3) is 0 Å². The fraction of sp³-hybridized carbons (Fsp3) is 0.647. The largest absolute Gasteiger partial charge is 0.444 e. The maximum absolute atomic E-state index is 12.2. The summed E-state index contributed by atoms with van der Waals surface area (Å²) in [6.45, 7) is 8.94. The lowest BCUT2D eigenvalue weighted by Crippen LogP contribution is -2.45. The maximum Gasteiger partial charge on any atom is 0.410 e. The highest BCUT2D eigenvalue weighted by Crippen LogP contribution is 2.22. The number of rotatable bonds is 3. The molecule has 0 bridgehead atoms. The molecule has 1 saturated heterocycles. The van der Waals surface area contributed by atoms with Gasteiger partial charge in [0.15, 0.2) is 0 Å². The minimum absolute atomic E-state index is 0.0262. The molecule has 2 rings (SSSR count). The molecule has 2 atom stereocenters. The van der Waals surface area contributed by atoms with Crippen LogP contribution >= 0.6 is 0 Å². The number of amides is 1. The van der Waals surface area contributed by atoms with E-state index >= 15 is 0 Å². The van der Waals surface area contributed by atoms with Gasteiger partial charge in [-0.2, -0.15) is 0 Å². The van der Waals surface area contributed by atoms with E-state index in [9.17, 15) is 4.79 Å². The average Bonchev–Trinajstić information content (AvgIpc) is 2.46. The van der Waals surface area contributed by atoms with Gasteiger partial charge in [-0.1, -0.05) is 6.07 Å². The van der Waals surface area contributed by atoms with Gasteiger partial charge in [-0.3, -0.25) is 4.98 Å². The van der Waals surface area contributed by atoms with Crippen molar-refractivity contribution >= 4 is 6.09 Å². The Morgan fingerprint density at radius 3 is 2.82 bits per heavy atom. The highest BCUT2D eigenvalue weighted by Gasteiger charge is 2.29. The Morgan fingerprint density at radius 1 is 1.41 bits per heavy atom. The fourth-order valence-corrected chi connectivity index (χ4v) is 2.52. The van der Waals surface area contributed by atoms with Crippen molar-refractivity contribution in [2.75, 3.05) is 13.1 Å². The van der Waals surface area contributed by atoms with E-state index < -0.39 is 5.60 Å². The van der Waals surface area contributed by atoms with Crippen LogP contribution in [-0.2, 0) is 9.47 Å². The van der Waals surface area contributed by atoms with Crippen LogP contribution in [0.5, 0.6) is 0 Å². The standard InChI is InChI=1S/C17H26N2O3/c1-13(15-9-5-6-10-18-15)21-14-8-7-11-19(12-14)16(20)22-17(2,3)4/h5-6,9-10,13-14H,7-8,11-12H2,1-4H3/t13-,14+/m1/s1. The molecule has 0 N–H and O–H groups in total. The Hall–Kier alpha value is -1.62. The van der Waals surface area contributed by atoms with E-state index in [1.54, 1.807) is 11.1 Å². The average molecular weight is 306 g/mol. The van der Waals surface area contributed by atoms with E-state index in [1.807, 2.05) is 45.9 Å². The highest BCUT2D eigenvalue weighted by atomic mass is 16.6. The SMILES string of the molecule is C[C@@H](O[C@H]1CCCN(C(=O)OC(C)(C)C)C1)c1ccccn1. The highest BCUT2D eigenvalue weighted by molar-refractivity contribution is 5.68. The third-order valence-electron chi connectivity index (χ3n) is 3.53. The van der Waals surface area contributed by atoms with Gasteiger partial charge in [0.25, 0.3) is 0 Å². The van der Waals surface area contributed by atoms with E-state index in [1.165, 1.54) is 0 Å². The van der Waals surface area contributed by atoms with E-state index in [0.29, 0.717) is 6.54 Å². The quantitative estimate of drug-likeness (QED) is 0.857. The van der Waals surface area contributed by atoms with Crippen molar-refractivity contribution in [3.8, 4) is 0 Å². The minimum atomic E-state index is -0.466. The van der Waals surface area contributed by atoms with Crippen LogP contribution in [0, 0.1) is 0 Å². The molecule has 5 heteroatoms. The van der Waals surface area contributed by atoms with Crippen LogP contribution < -0.4 is 0 Å². The van der Waals surface area contributed by atoms with Gasteiger partial charge in [-0.05, 0) is 52.7 Å². The molecule has 0 saturated carbocycles. The van der Waals surface area contributed by atoms with Crippen molar-refractivity contribution < 1.29 is 14.3 Å². The third-order valence-corrected chi connectivity index (χ3v) is 3.53. The number of likely N-dealkylation sites (tertiary alicyclic amines) is 1. The third kappa shape index (κ3) is 4.98. The predicted molar refractivity (Wildman–Crippen MR) is 84.6 cm³/mol. The Kier molecular flexibility index (Phi) is 5.40. The number of piperidine rings is 1. The van der Waals surface area contributed by atoms with Gasteiger partial charge in [0.05, 0.1) is 24.4 Å². The maximum atomic E-state index is 12.2. The number of aromatic nitrogens is 1. The first-order valence-corrected chi connectivity index (χ1v) is 7.89. The minimum Gasteiger partial charge on any atom is -0.444 e. The zero-order valence-electron chi connectivity index (χ0n) is 13.9. The summed E-state index contributed by atoms with van der Waals surface area (Å²) in [5.74, 6) is 0. The van der Waals surface area contributed by atoms with Gasteiger partial charge in [-0.25, -0.2) is 4.79 Å². The topological polar surface area (TPSA) is 51.7 Å². The van der Waals surface area contributed by atoms with Crippen LogP contribution in [0.3, 0.4) is 0 Å². The molecule has 22 heavy (non-hydrogen) atoms. The molecule has 1 aromatic heterocycles. The van der Waals surface area contributed by atoms with Crippen LogP contribution in [0.1, 0.15) is 52.3 Å². The molecule has 0 spiro atoms. The summed E-state index contributed by atoms with van der Waals surface area (Å²) < 4.78 is 11.5. The molecule has 0 unspecified atom stereocenters. The fourth-order valence-electron chi connectivity index (χ4n) is 2.52. The van der Waals surface area contributed by atoms with Crippen LogP contribution in [-0.4, -0.2) is 40.8 Å². The van der Waals surface area contributed by atoms with E-state index in [4.69, 9.17) is 9.47 Å². The van der Waals surface area contributed by atoms with E-state index in [2.05, 4.69) is 4.98 Å². The number of carbonyl (C=O) groups is 1. The molecule has 0 radical (unpaired) electrons. The summed E-state index contributed by atoms with van der Waals surface area (Å²) >= 11 is 0. The molecule has 1 fully saturated rings. The number of nitrogens with zero attached hydrogens (tertiary/aromatic N) is 2. The van der Waals surface area contributed by atoms with E-state index in [-0.39, 0.29) is 18.3 Å². The summed E-state index contributed by atoms with van der Waals surface area (Å²) in [7, 11) is 0. The van der Waals surface area contributed by atoms with Gasteiger partial charge < -0.3 is 14.4 Å². The summed E-state index contributed by atoms with van der Waals surface area (Å²) in [5.41, 5.74) is 0.448. The number of ether oxygens (including phenoxy) is 2. The summed E-state index contributed by atoms with van der Waals surface area (Å²) in [6, 6.07) is 5.80. The molecule has 0 aromatic carbocycles. The molecule has 0 aliphatic carbocycles. The Bertz CT molecular complexity index is 484. The molecule has 1 aliphatic rings. The lowest BCUT2D eigenvalue weighted by molar-refractivity contribution is -0.0497. The normalized spacial score (nSPS) is 20.5. The lowest BCUT2D eigenvalue weighted by atomic mass is 10.1. The van der Waals surface area contributed by atoms with E-state index in [0.717, 1.165) is 25.1 Å². The van der Waals surface area contributed by atoms with Gasteiger partial charge in [-0.15, -0.1) is 0 Å². The van der Waals surface area contributed by atoms with Crippen molar-refractivity contribution in [1.82, 2.24) is 9.88 Å². The second-order valence-electron chi connectivity index (χ2n) is 6.72. The van der Waals surface area contributed by atoms with Gasteiger partial charge in [0.1, 0.15) is 5.60 Å². The molecule has 1 aromatic rings. The van der Waals surface area contributed by atoms with Crippen molar-refractivity contribution in [1.29, 1.82) is 0 Å². The molecule has 122 valence electrons. The summed E-state index contributed by atoms with van der Waals surface area (Å²) in [5, 5.41) is 0. The number of carbonyl (C=O) groups excluding carboxylic acids is 1. The number of hydrogen-bond donors (Lipinski definition) is 0. The monoisotopic (exact) mass is 306 g/mol. The molecular formula is C17H26N2O3. The van der Waals surface area contributed by atoms with Crippen molar-refractivity contribution in [2.45, 2.75) is 58.3 Å². The lowest BCUT2D eigenvalue weighted by Gasteiger charge is -2.35. The summed E-state index contributed by atoms with van der Waals surface area (Å²) in [4.78, 5) is 18.2. The first-order valence-electron chi connectivity index (χ1n) is 7.89. The Labute approximate surface area is 132 Å². The smallest absolute Gasteiger partial charge is 0.410 e. The van der Waals surface area contributed by atoms with Gasteiger partial charge >= 0.3 is 6.09 Å². The van der Waals surface area contributed by atoms with Gasteiger partial charge in [0, 0.05) is 12.7 Å². The second-order valence-corrected chi connectivity index (χ2v) is 6.72. The Balaban J connectivity index is 1.89. The number of hydrogen-bond acceptors (Lipinski definition) is 4. The predicted octanol–water partition coefficient (Wildman–Crippen LogP) is 3.56. The molecular weight excluding hydrogens is 280 g/mol. The van der Waals surface area contributed by atoms with Crippen molar-refractivity contribution in [3.63, 3.8) is 0 Å². The Morgan fingerprint density at radius 2 is 2.18 bits per heavy atom. The van der Waals surface area contributed by atoms with Crippen LogP contribution in [0.15, 0.2) is 24.4 Å². The summed E-state index contributed by atoms with van der Waals surface area (Å²) in [6.07, 6.45) is 3.34. The molecule has 2 heterocycles. The van der Waals surface area contributed by atoms with Crippen LogP contribution in [0.4, 0.5) is 4.79 Å². The van der Waals surface area contributed by atoms with Gasteiger partial charge in [0.2, 0.25) is 0 Å². The zero-order chi connectivity index (χ0) is 16.2. The molecule has 1 amide bonds. The zero-order valence-corrected chi connectivity index (χ0v) is 13.9. The van der Waals surface area contributed by atoms with Crippen molar-refractivity contribution in [2.24, 2.45) is 0 Å². The first-order chi connectivity index (χ1) is 10.3. The molecule has 5 nitrogen and oxygen atoms in total. The second kappa shape index (κ2) is 7.09. The first kappa shape index (κ1) is 16.7. The number of pyridine rings is 1.